The van der Waals surface area contributed by atoms with Crippen LogP contribution in [0.25, 0.3) is 0 Å². The second-order valence-electron chi connectivity index (χ2n) is 3.16. The van der Waals surface area contributed by atoms with Crippen LogP contribution in [0, 0.1) is 0 Å². The van der Waals surface area contributed by atoms with Gasteiger partial charge in [-0.05, 0) is 20.8 Å². The molecule has 0 rings (SSSR count). The molecule has 0 saturated heterocycles. The van der Waals surface area contributed by atoms with Gasteiger partial charge in [-0.3, -0.25) is 4.79 Å². The number of carbonyl (C=O) groups excluding carboxylic acids is 1. The Kier molecular flexibility index (Phi) is 3.80. The maximum Gasteiger partial charge on any atom is 0.154 e. The molecule has 1 unspecified atom stereocenters. The Morgan fingerprint density at radius 1 is 1.23 bits per heavy atom. The first-order valence-corrected chi connectivity index (χ1v) is 3.44. The van der Waals surface area contributed by atoms with E-state index in [4.69, 9.17) is 0 Å². The minimum Gasteiger partial charge on any atom is -0.298 e. The van der Waals surface area contributed by atoms with E-state index < -0.39 is 28.1 Å². The van der Waals surface area contributed by atoms with Gasteiger partial charge in [0.25, 0.3) is 0 Å². The van der Waals surface area contributed by atoms with Crippen LogP contribution >= 0.6 is 0 Å². The van der Waals surface area contributed by atoms with Crippen molar-refractivity contribution in [2.45, 2.75) is 32.4 Å². The number of nitrogens with zero attached hydrogens (tertiary/aromatic N) is 2. The van der Waals surface area contributed by atoms with Crippen LogP contribution in [0.1, 0.15) is 20.8 Å². The molecule has 0 aliphatic rings. The van der Waals surface area contributed by atoms with Crippen LogP contribution in [-0.4, -0.2) is 28.1 Å². The van der Waals surface area contributed by atoms with Gasteiger partial charge < -0.3 is 0 Å². The summed E-state index contributed by atoms with van der Waals surface area (Å²) in [7, 11) is 0. The van der Waals surface area contributed by atoms with Crippen molar-refractivity contribution in [2.75, 3.05) is 0 Å². The highest BCUT2D eigenvalue weighted by atomic mass is 19.4. The first kappa shape index (κ1) is 12.3. The third-order valence-corrected chi connectivity index (χ3v) is 1.69. The molecule has 78 valence electrons. The molecule has 0 bridgehead atoms. The van der Waals surface area contributed by atoms with Gasteiger partial charge in [-0.2, -0.15) is 0 Å². The van der Waals surface area contributed by atoms with Crippen LogP contribution in [0.3, 0.4) is 0 Å². The SMILES string of the molecule is CC(=O)C(N(F)F)C(C)(C)N(F)F. The topological polar surface area (TPSA) is 23.6 Å². The van der Waals surface area contributed by atoms with Crippen molar-refractivity contribution in [2.24, 2.45) is 0 Å². The molecule has 0 aliphatic heterocycles. The Bertz CT molecular complexity index is 195. The highest BCUT2D eigenvalue weighted by Crippen LogP contribution is 2.25. The van der Waals surface area contributed by atoms with Crippen molar-refractivity contribution in [3.63, 3.8) is 0 Å². The van der Waals surface area contributed by atoms with E-state index in [0.29, 0.717) is 0 Å². The fourth-order valence-electron chi connectivity index (χ4n) is 0.966. The molecule has 0 aromatic heterocycles. The molecular formula is C6H10F4N2O. The quantitative estimate of drug-likeness (QED) is 0.513. The maximum atomic E-state index is 12.1. The molecule has 1 atom stereocenters. The Morgan fingerprint density at radius 3 is 1.69 bits per heavy atom. The van der Waals surface area contributed by atoms with Gasteiger partial charge >= 0.3 is 0 Å². The molecule has 3 nitrogen and oxygen atoms in total. The summed E-state index contributed by atoms with van der Waals surface area (Å²) in [6.07, 6.45) is 0. The van der Waals surface area contributed by atoms with Gasteiger partial charge in [0.2, 0.25) is 0 Å². The molecule has 0 spiro atoms. The normalized spacial score (nSPS) is 15.2. The number of hydrogen-bond donors (Lipinski definition) is 0. The first-order chi connectivity index (χ1) is 5.71. The fraction of sp³-hybridized carbons (Fsp3) is 0.833. The predicted molar refractivity (Wildman–Crippen MR) is 36.7 cm³/mol. The van der Waals surface area contributed by atoms with Gasteiger partial charge in [0.1, 0.15) is 5.54 Å². The van der Waals surface area contributed by atoms with Gasteiger partial charge in [0.05, 0.1) is 0 Å². The number of carbonyl (C=O) groups is 1. The van der Waals surface area contributed by atoms with Crippen LogP contribution in [0.4, 0.5) is 17.9 Å². The van der Waals surface area contributed by atoms with Gasteiger partial charge in [-0.15, -0.1) is 17.9 Å². The third-order valence-electron chi connectivity index (χ3n) is 1.69. The molecule has 0 amide bonds. The molecule has 0 heterocycles. The largest absolute Gasteiger partial charge is 0.298 e. The van der Waals surface area contributed by atoms with E-state index in [0.717, 1.165) is 20.8 Å². The summed E-state index contributed by atoms with van der Waals surface area (Å²) in [6, 6.07) is -2.14. The van der Waals surface area contributed by atoms with Gasteiger partial charge in [-0.1, -0.05) is 0 Å². The average Bonchev–Trinajstić information content (AvgIpc) is 1.82. The zero-order chi connectivity index (χ0) is 10.8. The lowest BCUT2D eigenvalue weighted by Gasteiger charge is -2.31. The summed E-state index contributed by atoms with van der Waals surface area (Å²) in [4.78, 5) is 10.7. The lowest BCUT2D eigenvalue weighted by molar-refractivity contribution is -0.279. The smallest absolute Gasteiger partial charge is 0.154 e. The molecule has 0 aromatic rings. The number of halogens is 4. The Labute approximate surface area is 72.6 Å². The van der Waals surface area contributed by atoms with Crippen LogP contribution in [-0.2, 0) is 4.79 Å². The van der Waals surface area contributed by atoms with Crippen molar-refractivity contribution >= 4 is 5.78 Å². The lowest BCUT2D eigenvalue weighted by atomic mass is 9.93. The highest BCUT2D eigenvalue weighted by Gasteiger charge is 2.45. The second-order valence-corrected chi connectivity index (χ2v) is 3.16. The van der Waals surface area contributed by atoms with Crippen LogP contribution in [0.2, 0.25) is 0 Å². The summed E-state index contributed by atoms with van der Waals surface area (Å²) in [6.45, 7) is 2.54. The van der Waals surface area contributed by atoms with E-state index in [1.807, 2.05) is 0 Å². The third kappa shape index (κ3) is 2.63. The molecule has 0 aromatic carbocycles. The molecule has 0 N–H and O–H groups in total. The molecule has 13 heavy (non-hydrogen) atoms. The van der Waals surface area contributed by atoms with Crippen LogP contribution in [0.5, 0.6) is 0 Å². The number of rotatable bonds is 4. The Hall–Kier alpha value is -0.690. The van der Waals surface area contributed by atoms with Crippen molar-refractivity contribution in [1.29, 1.82) is 0 Å². The minimum absolute atomic E-state index is 0.835. The maximum absolute atomic E-state index is 12.1. The van der Waals surface area contributed by atoms with Gasteiger partial charge in [-0.25, -0.2) is 0 Å². The summed E-state index contributed by atoms with van der Waals surface area (Å²) in [5.74, 6) is -1.02. The fourth-order valence-corrected chi connectivity index (χ4v) is 0.966. The van der Waals surface area contributed by atoms with E-state index in [1.54, 1.807) is 0 Å². The summed E-state index contributed by atoms with van der Waals surface area (Å²) >= 11 is 0. The first-order valence-electron chi connectivity index (χ1n) is 3.44. The van der Waals surface area contributed by atoms with E-state index in [-0.39, 0.29) is 0 Å². The van der Waals surface area contributed by atoms with E-state index in [1.165, 1.54) is 0 Å². The minimum atomic E-state index is -2.21. The van der Waals surface area contributed by atoms with E-state index in [2.05, 4.69) is 0 Å². The predicted octanol–water partition coefficient (Wildman–Crippen LogP) is 1.86. The Balaban J connectivity index is 4.83. The molecule has 0 aliphatic carbocycles. The zero-order valence-electron chi connectivity index (χ0n) is 7.39. The molecule has 0 radical (unpaired) electrons. The number of hydrogen-bond acceptors (Lipinski definition) is 3. The second kappa shape index (κ2) is 4.01. The van der Waals surface area contributed by atoms with Crippen molar-refractivity contribution in [1.82, 2.24) is 10.7 Å². The zero-order valence-corrected chi connectivity index (χ0v) is 7.39. The molecule has 0 fully saturated rings. The van der Waals surface area contributed by atoms with E-state index >= 15 is 0 Å². The summed E-state index contributed by atoms with van der Waals surface area (Å²) < 4.78 is 48.3. The lowest BCUT2D eigenvalue weighted by Crippen LogP contribution is -2.53. The summed E-state index contributed by atoms with van der Waals surface area (Å²) in [5, 5.41) is -2.90. The van der Waals surface area contributed by atoms with Crippen LogP contribution < -0.4 is 0 Å². The van der Waals surface area contributed by atoms with Crippen molar-refractivity contribution in [3.8, 4) is 0 Å². The van der Waals surface area contributed by atoms with Crippen LogP contribution in [0.15, 0.2) is 0 Å². The van der Waals surface area contributed by atoms with Gasteiger partial charge in [0, 0.05) is 10.7 Å². The highest BCUT2D eigenvalue weighted by molar-refractivity contribution is 5.82. The monoisotopic (exact) mass is 202 g/mol. The van der Waals surface area contributed by atoms with E-state index in [9.17, 15) is 22.7 Å². The van der Waals surface area contributed by atoms with Crippen molar-refractivity contribution < 1.29 is 22.7 Å². The standard InChI is InChI=1S/C6H10F4N2O/c1-4(13)5(11(7)8)6(2,3)12(9)10/h5H,1-3H3. The number of Topliss-reactive ketones (excluding diaryl/α,β-unsaturated/α-hetero) is 1. The molecule has 0 saturated carbocycles. The van der Waals surface area contributed by atoms with Crippen molar-refractivity contribution in [3.05, 3.63) is 0 Å². The molecular weight excluding hydrogens is 192 g/mol. The summed E-state index contributed by atoms with van der Waals surface area (Å²) in [5.41, 5.74) is -2.21. The Morgan fingerprint density at radius 2 is 1.62 bits per heavy atom. The van der Waals surface area contributed by atoms with Gasteiger partial charge in [0.15, 0.2) is 11.8 Å². The average molecular weight is 202 g/mol. The molecule has 7 heteroatoms. The number of ketones is 1.